The number of anilines is 1. The van der Waals surface area contributed by atoms with Crippen molar-refractivity contribution in [3.05, 3.63) is 65.0 Å². The Morgan fingerprint density at radius 2 is 1.79 bits per heavy atom. The summed E-state index contributed by atoms with van der Waals surface area (Å²) in [5.74, 6) is 0.348. The molecule has 3 heterocycles. The summed E-state index contributed by atoms with van der Waals surface area (Å²) in [4.78, 5) is 35.1. The van der Waals surface area contributed by atoms with Gasteiger partial charge in [-0.2, -0.15) is 0 Å². The molecule has 0 saturated carbocycles. The van der Waals surface area contributed by atoms with Gasteiger partial charge in [-0.15, -0.1) is 0 Å². The number of rotatable bonds is 6. The van der Waals surface area contributed by atoms with Crippen LogP contribution >= 0.6 is 11.8 Å². The van der Waals surface area contributed by atoms with Gasteiger partial charge in [0.2, 0.25) is 5.91 Å². The second-order valence-electron chi connectivity index (χ2n) is 8.45. The number of ether oxygens (including phenoxy) is 1. The molecule has 8 heteroatoms. The summed E-state index contributed by atoms with van der Waals surface area (Å²) in [6.07, 6.45) is 1.97. The fraction of sp³-hybridized carbons (Fsp3) is 0.400. The molecule has 2 fully saturated rings. The molecule has 172 valence electrons. The third-order valence-electron chi connectivity index (χ3n) is 6.32. The molecule has 33 heavy (non-hydrogen) atoms. The lowest BCUT2D eigenvalue weighted by Crippen LogP contribution is -2.49. The topological polar surface area (TPSA) is 67.7 Å². The van der Waals surface area contributed by atoms with E-state index in [1.807, 2.05) is 47.4 Å². The molecule has 0 spiro atoms. The minimum atomic E-state index is -0.0671. The largest absolute Gasteiger partial charge is 0.376 e. The van der Waals surface area contributed by atoms with E-state index in [2.05, 4.69) is 17.0 Å². The summed E-state index contributed by atoms with van der Waals surface area (Å²) in [5.41, 5.74) is 1.79. The van der Waals surface area contributed by atoms with Crippen molar-refractivity contribution in [2.75, 3.05) is 43.4 Å². The molecule has 7 nitrogen and oxygen atoms in total. The zero-order valence-electron chi connectivity index (χ0n) is 18.6. The number of para-hydroxylation sites is 2. The van der Waals surface area contributed by atoms with Crippen molar-refractivity contribution in [1.82, 2.24) is 14.5 Å². The van der Waals surface area contributed by atoms with Crippen LogP contribution < -0.4 is 10.5 Å². The van der Waals surface area contributed by atoms with Crippen molar-refractivity contribution < 1.29 is 9.53 Å². The van der Waals surface area contributed by atoms with E-state index < -0.39 is 0 Å². The molecular weight excluding hydrogens is 436 g/mol. The Bertz CT molecular complexity index is 1170. The van der Waals surface area contributed by atoms with Crippen LogP contribution in [0.2, 0.25) is 0 Å². The van der Waals surface area contributed by atoms with Gasteiger partial charge in [-0.1, -0.05) is 42.1 Å². The van der Waals surface area contributed by atoms with Crippen LogP contribution in [0.1, 0.15) is 12.8 Å². The maximum absolute atomic E-state index is 13.2. The molecule has 0 aliphatic carbocycles. The first-order chi connectivity index (χ1) is 16.2. The molecule has 0 bridgehead atoms. The van der Waals surface area contributed by atoms with Crippen molar-refractivity contribution in [2.45, 2.75) is 30.6 Å². The van der Waals surface area contributed by atoms with Crippen LogP contribution in [0.4, 0.5) is 5.69 Å². The molecule has 2 aliphatic heterocycles. The summed E-state index contributed by atoms with van der Waals surface area (Å²) in [6, 6.07) is 17.7. The predicted octanol–water partition coefficient (Wildman–Crippen LogP) is 3.02. The van der Waals surface area contributed by atoms with E-state index >= 15 is 0 Å². The molecule has 1 aromatic heterocycles. The lowest BCUT2D eigenvalue weighted by molar-refractivity contribution is -0.128. The quantitative estimate of drug-likeness (QED) is 0.413. The number of benzene rings is 2. The lowest BCUT2D eigenvalue weighted by Gasteiger charge is -2.36. The Hall–Kier alpha value is -2.84. The van der Waals surface area contributed by atoms with Crippen LogP contribution in [0.5, 0.6) is 0 Å². The average molecular weight is 465 g/mol. The van der Waals surface area contributed by atoms with Crippen LogP contribution in [0, 0.1) is 0 Å². The molecule has 2 aromatic carbocycles. The van der Waals surface area contributed by atoms with E-state index in [-0.39, 0.29) is 23.3 Å². The van der Waals surface area contributed by atoms with E-state index in [9.17, 15) is 9.59 Å². The Morgan fingerprint density at radius 3 is 2.55 bits per heavy atom. The van der Waals surface area contributed by atoms with Gasteiger partial charge in [-0.05, 0) is 37.1 Å². The molecule has 0 radical (unpaired) electrons. The molecule has 0 N–H and O–H groups in total. The number of carbonyl (C=O) groups excluding carboxylic acids is 1. The van der Waals surface area contributed by atoms with E-state index in [0.717, 1.165) is 32.5 Å². The number of hydrogen-bond donors (Lipinski definition) is 0. The Morgan fingerprint density at radius 1 is 1.03 bits per heavy atom. The summed E-state index contributed by atoms with van der Waals surface area (Å²) < 4.78 is 7.47. The highest BCUT2D eigenvalue weighted by molar-refractivity contribution is 7.99. The summed E-state index contributed by atoms with van der Waals surface area (Å²) in [5, 5.41) is 1.19. The number of nitrogens with zero attached hydrogens (tertiary/aromatic N) is 4. The lowest BCUT2D eigenvalue weighted by atomic mass is 10.2. The summed E-state index contributed by atoms with van der Waals surface area (Å²) >= 11 is 1.35. The van der Waals surface area contributed by atoms with Crippen LogP contribution in [-0.4, -0.2) is 65.0 Å². The monoisotopic (exact) mass is 464 g/mol. The van der Waals surface area contributed by atoms with Gasteiger partial charge in [0.25, 0.3) is 5.56 Å². The molecule has 3 aromatic rings. The van der Waals surface area contributed by atoms with Gasteiger partial charge < -0.3 is 14.5 Å². The normalized spacial score (nSPS) is 18.7. The number of carbonyl (C=O) groups is 1. The maximum Gasteiger partial charge on any atom is 0.262 e. The van der Waals surface area contributed by atoms with Crippen molar-refractivity contribution in [3.63, 3.8) is 0 Å². The molecule has 2 saturated heterocycles. The minimum absolute atomic E-state index is 0.0202. The highest BCUT2D eigenvalue weighted by Gasteiger charge is 2.24. The summed E-state index contributed by atoms with van der Waals surface area (Å²) in [6.45, 7) is 4.24. The molecule has 1 amide bonds. The first-order valence-corrected chi connectivity index (χ1v) is 12.5. The Kier molecular flexibility index (Phi) is 6.64. The second kappa shape index (κ2) is 9.97. The molecule has 0 unspecified atom stereocenters. The number of thioether (sulfide) groups is 1. The van der Waals surface area contributed by atoms with E-state index in [4.69, 9.17) is 9.72 Å². The molecule has 5 rings (SSSR count). The van der Waals surface area contributed by atoms with Gasteiger partial charge in [0.1, 0.15) is 0 Å². The predicted molar refractivity (Wildman–Crippen MR) is 131 cm³/mol. The SMILES string of the molecule is O=C(CSc1nc2ccccc2c(=O)n1C[C@H]1CCCO1)N1CCN(c2ccccc2)CC1. The number of piperazine rings is 1. The van der Waals surface area contributed by atoms with Crippen molar-refractivity contribution in [2.24, 2.45) is 0 Å². The summed E-state index contributed by atoms with van der Waals surface area (Å²) in [7, 11) is 0. The third kappa shape index (κ3) is 4.91. The van der Waals surface area contributed by atoms with Gasteiger partial charge in [0.05, 0.1) is 29.3 Å². The number of hydrogen-bond acceptors (Lipinski definition) is 6. The molecule has 1 atom stereocenters. The van der Waals surface area contributed by atoms with Crippen molar-refractivity contribution in [1.29, 1.82) is 0 Å². The first kappa shape index (κ1) is 22.0. The van der Waals surface area contributed by atoms with Crippen LogP contribution in [0.25, 0.3) is 10.9 Å². The average Bonchev–Trinajstić information content (AvgIpc) is 3.38. The van der Waals surface area contributed by atoms with Gasteiger partial charge in [0.15, 0.2) is 5.16 Å². The van der Waals surface area contributed by atoms with Crippen LogP contribution in [0.15, 0.2) is 64.5 Å². The highest BCUT2D eigenvalue weighted by Crippen LogP contribution is 2.22. The van der Waals surface area contributed by atoms with Crippen LogP contribution in [-0.2, 0) is 16.1 Å². The fourth-order valence-corrected chi connectivity index (χ4v) is 5.39. The zero-order chi connectivity index (χ0) is 22.6. The van der Waals surface area contributed by atoms with Gasteiger partial charge >= 0.3 is 0 Å². The van der Waals surface area contributed by atoms with Crippen molar-refractivity contribution >= 4 is 34.3 Å². The molecular formula is C25H28N4O3S. The first-order valence-electron chi connectivity index (χ1n) is 11.5. The Labute approximate surface area is 197 Å². The standard InChI is InChI=1S/C25H28N4O3S/c30-23(28-14-12-27(13-15-28)19-7-2-1-3-8-19)18-33-25-26-22-11-5-4-10-21(22)24(31)29(25)17-20-9-6-16-32-20/h1-5,7-8,10-11,20H,6,9,12-18H2/t20-/m1/s1. The second-order valence-corrected chi connectivity index (χ2v) is 9.40. The number of fused-ring (bicyclic) bond motifs is 1. The van der Waals surface area contributed by atoms with E-state index in [1.54, 1.807) is 4.57 Å². The molecule has 2 aliphatic rings. The maximum atomic E-state index is 13.2. The van der Waals surface area contributed by atoms with E-state index in [0.29, 0.717) is 35.7 Å². The highest BCUT2D eigenvalue weighted by atomic mass is 32.2. The third-order valence-corrected chi connectivity index (χ3v) is 7.28. The van der Waals surface area contributed by atoms with E-state index in [1.165, 1.54) is 17.4 Å². The van der Waals surface area contributed by atoms with Gasteiger partial charge in [-0.3, -0.25) is 14.2 Å². The number of aromatic nitrogens is 2. The Balaban J connectivity index is 1.28. The van der Waals surface area contributed by atoms with Gasteiger partial charge in [-0.25, -0.2) is 4.98 Å². The van der Waals surface area contributed by atoms with Gasteiger partial charge in [0, 0.05) is 38.5 Å². The minimum Gasteiger partial charge on any atom is -0.376 e. The van der Waals surface area contributed by atoms with Crippen molar-refractivity contribution in [3.8, 4) is 0 Å². The van der Waals surface area contributed by atoms with Crippen LogP contribution in [0.3, 0.4) is 0 Å². The number of amides is 1. The fourth-order valence-electron chi connectivity index (χ4n) is 4.48. The zero-order valence-corrected chi connectivity index (χ0v) is 19.4. The smallest absolute Gasteiger partial charge is 0.262 e.